The number of carboxylic acid groups (broad SMARTS) is 1. The molecule has 176 valence electrons. The minimum Gasteiger partial charge on any atom is -0.482 e. The number of benzene rings is 3. The lowest BCUT2D eigenvalue weighted by atomic mass is 9.80. The van der Waals surface area contributed by atoms with Crippen molar-refractivity contribution in [2.75, 3.05) is 13.2 Å². The number of hydrogen-bond acceptors (Lipinski definition) is 3. The average molecular weight is 458 g/mol. The SMILES string of the molecule is CCN(C(=O)CC1CCCc2c(OCC(=O)O)cccc21)C(c1ccccc1)c1ccccc1. The number of rotatable bonds is 9. The molecular formula is C29H31NO4. The molecule has 1 aliphatic carbocycles. The molecule has 0 saturated carbocycles. The Morgan fingerprint density at radius 2 is 1.62 bits per heavy atom. The Labute approximate surface area is 201 Å². The number of fused-ring (bicyclic) bond motifs is 1. The van der Waals surface area contributed by atoms with Gasteiger partial charge in [0.25, 0.3) is 0 Å². The van der Waals surface area contributed by atoms with Crippen LogP contribution in [-0.4, -0.2) is 35.0 Å². The number of aliphatic carboxylic acids is 1. The van der Waals surface area contributed by atoms with Gasteiger partial charge in [0, 0.05) is 13.0 Å². The monoisotopic (exact) mass is 457 g/mol. The molecule has 34 heavy (non-hydrogen) atoms. The summed E-state index contributed by atoms with van der Waals surface area (Å²) < 4.78 is 5.55. The lowest BCUT2D eigenvalue weighted by molar-refractivity contribution is -0.139. The van der Waals surface area contributed by atoms with Crippen molar-refractivity contribution in [3.05, 3.63) is 101 Å². The number of hydrogen-bond donors (Lipinski definition) is 1. The molecule has 1 aliphatic rings. The Kier molecular flexibility index (Phi) is 7.63. The third kappa shape index (κ3) is 5.30. The van der Waals surface area contributed by atoms with Crippen molar-refractivity contribution in [3.8, 4) is 5.75 Å². The summed E-state index contributed by atoms with van der Waals surface area (Å²) in [5, 5.41) is 9.00. The molecule has 4 rings (SSSR count). The highest BCUT2D eigenvalue weighted by atomic mass is 16.5. The number of amides is 1. The van der Waals surface area contributed by atoms with Gasteiger partial charge in [-0.05, 0) is 60.4 Å². The molecule has 0 bridgehead atoms. The van der Waals surface area contributed by atoms with E-state index in [4.69, 9.17) is 9.84 Å². The average Bonchev–Trinajstić information content (AvgIpc) is 2.87. The molecule has 5 nitrogen and oxygen atoms in total. The third-order valence-electron chi connectivity index (χ3n) is 6.56. The zero-order valence-electron chi connectivity index (χ0n) is 19.5. The minimum atomic E-state index is -0.994. The molecular weight excluding hydrogens is 426 g/mol. The van der Waals surface area contributed by atoms with E-state index in [1.54, 1.807) is 0 Å². The summed E-state index contributed by atoms with van der Waals surface area (Å²) in [4.78, 5) is 26.7. The van der Waals surface area contributed by atoms with E-state index in [0.29, 0.717) is 18.7 Å². The molecule has 0 radical (unpaired) electrons. The normalized spacial score (nSPS) is 14.9. The molecule has 3 aromatic carbocycles. The van der Waals surface area contributed by atoms with Crippen LogP contribution >= 0.6 is 0 Å². The third-order valence-corrected chi connectivity index (χ3v) is 6.56. The van der Waals surface area contributed by atoms with Crippen molar-refractivity contribution >= 4 is 11.9 Å². The van der Waals surface area contributed by atoms with Crippen LogP contribution in [0.5, 0.6) is 5.75 Å². The van der Waals surface area contributed by atoms with Crippen molar-refractivity contribution in [1.82, 2.24) is 4.90 Å². The highest BCUT2D eigenvalue weighted by Gasteiger charge is 2.30. The largest absolute Gasteiger partial charge is 0.482 e. The lowest BCUT2D eigenvalue weighted by Crippen LogP contribution is -2.36. The maximum Gasteiger partial charge on any atom is 0.341 e. The Bertz CT molecular complexity index is 1070. The summed E-state index contributed by atoms with van der Waals surface area (Å²) >= 11 is 0. The van der Waals surface area contributed by atoms with Crippen molar-refractivity contribution in [2.24, 2.45) is 0 Å². The van der Waals surface area contributed by atoms with Gasteiger partial charge in [0.2, 0.25) is 5.91 Å². The lowest BCUT2D eigenvalue weighted by Gasteiger charge is -2.34. The van der Waals surface area contributed by atoms with Crippen molar-refractivity contribution in [3.63, 3.8) is 0 Å². The van der Waals surface area contributed by atoms with E-state index < -0.39 is 5.97 Å². The van der Waals surface area contributed by atoms with Gasteiger partial charge < -0.3 is 14.7 Å². The molecule has 0 saturated heterocycles. The van der Waals surface area contributed by atoms with E-state index in [-0.39, 0.29) is 24.5 Å². The van der Waals surface area contributed by atoms with Crippen molar-refractivity contribution in [1.29, 1.82) is 0 Å². The van der Waals surface area contributed by atoms with Crippen LogP contribution in [-0.2, 0) is 16.0 Å². The quantitative estimate of drug-likeness (QED) is 0.454. The first-order valence-corrected chi connectivity index (χ1v) is 11.9. The van der Waals surface area contributed by atoms with Crippen molar-refractivity contribution < 1.29 is 19.4 Å². The predicted molar refractivity (Wildman–Crippen MR) is 132 cm³/mol. The Balaban J connectivity index is 1.60. The van der Waals surface area contributed by atoms with Gasteiger partial charge in [-0.3, -0.25) is 4.79 Å². The molecule has 0 fully saturated rings. The van der Waals surface area contributed by atoms with Crippen LogP contribution in [0, 0.1) is 0 Å². The van der Waals surface area contributed by atoms with E-state index in [0.717, 1.165) is 41.5 Å². The Morgan fingerprint density at radius 1 is 0.971 bits per heavy atom. The standard InChI is InChI=1S/C29H31NO4/c1-2-30(29(21-11-5-3-6-12-21)22-13-7-4-8-14-22)27(31)19-23-15-9-17-25-24(23)16-10-18-26(25)34-20-28(32)33/h3-8,10-14,16,18,23,29H,2,9,15,17,19-20H2,1H3,(H,32,33). The Morgan fingerprint density at radius 3 is 2.21 bits per heavy atom. The van der Waals surface area contributed by atoms with Crippen LogP contribution in [0.15, 0.2) is 78.9 Å². The summed E-state index contributed by atoms with van der Waals surface area (Å²) in [6.45, 7) is 2.28. The van der Waals surface area contributed by atoms with E-state index in [9.17, 15) is 9.59 Å². The minimum absolute atomic E-state index is 0.0888. The molecule has 0 aromatic heterocycles. The topological polar surface area (TPSA) is 66.8 Å². The highest BCUT2D eigenvalue weighted by Crippen LogP contribution is 2.39. The maximum absolute atomic E-state index is 13.8. The van der Waals surface area contributed by atoms with Gasteiger partial charge in [0.15, 0.2) is 6.61 Å². The van der Waals surface area contributed by atoms with Crippen LogP contribution in [0.1, 0.15) is 60.4 Å². The van der Waals surface area contributed by atoms with Gasteiger partial charge in [-0.25, -0.2) is 4.79 Å². The van der Waals surface area contributed by atoms with Gasteiger partial charge in [0.05, 0.1) is 6.04 Å². The summed E-state index contributed by atoms with van der Waals surface area (Å²) in [5.74, 6) is -0.164. The second kappa shape index (κ2) is 11.0. The molecule has 1 unspecified atom stereocenters. The second-order valence-corrected chi connectivity index (χ2v) is 8.70. The van der Waals surface area contributed by atoms with Crippen LogP contribution in [0.4, 0.5) is 0 Å². The molecule has 3 aromatic rings. The number of nitrogens with zero attached hydrogens (tertiary/aromatic N) is 1. The van der Waals surface area contributed by atoms with Crippen LogP contribution in [0.25, 0.3) is 0 Å². The van der Waals surface area contributed by atoms with E-state index in [2.05, 4.69) is 30.3 Å². The van der Waals surface area contributed by atoms with Gasteiger partial charge in [-0.2, -0.15) is 0 Å². The zero-order valence-corrected chi connectivity index (χ0v) is 19.5. The molecule has 0 aliphatic heterocycles. The first-order valence-electron chi connectivity index (χ1n) is 11.9. The first-order chi connectivity index (χ1) is 16.6. The van der Waals surface area contributed by atoms with Crippen LogP contribution in [0.2, 0.25) is 0 Å². The molecule has 0 spiro atoms. The molecule has 1 amide bonds. The number of carbonyl (C=O) groups excluding carboxylic acids is 1. The summed E-state index contributed by atoms with van der Waals surface area (Å²) in [7, 11) is 0. The smallest absolute Gasteiger partial charge is 0.341 e. The first kappa shape index (κ1) is 23.6. The summed E-state index contributed by atoms with van der Waals surface area (Å²) in [5.41, 5.74) is 4.34. The van der Waals surface area contributed by atoms with Gasteiger partial charge in [-0.15, -0.1) is 0 Å². The zero-order chi connectivity index (χ0) is 23.9. The fraction of sp³-hybridized carbons (Fsp3) is 0.310. The van der Waals surface area contributed by atoms with Crippen LogP contribution in [0.3, 0.4) is 0 Å². The van der Waals surface area contributed by atoms with E-state index >= 15 is 0 Å². The second-order valence-electron chi connectivity index (χ2n) is 8.70. The van der Waals surface area contributed by atoms with Gasteiger partial charge in [-0.1, -0.05) is 72.8 Å². The fourth-order valence-electron chi connectivity index (χ4n) is 5.05. The number of carboxylic acids is 1. The number of ether oxygens (including phenoxy) is 1. The molecule has 1 N–H and O–H groups in total. The predicted octanol–water partition coefficient (Wildman–Crippen LogP) is 5.60. The van der Waals surface area contributed by atoms with Crippen molar-refractivity contribution in [2.45, 2.75) is 44.6 Å². The van der Waals surface area contributed by atoms with E-state index in [1.165, 1.54) is 0 Å². The number of carbonyl (C=O) groups is 2. The van der Waals surface area contributed by atoms with Gasteiger partial charge in [0.1, 0.15) is 5.75 Å². The molecule has 1 atom stereocenters. The molecule has 5 heteroatoms. The highest BCUT2D eigenvalue weighted by molar-refractivity contribution is 5.78. The van der Waals surface area contributed by atoms with Crippen LogP contribution < -0.4 is 4.74 Å². The maximum atomic E-state index is 13.8. The fourth-order valence-corrected chi connectivity index (χ4v) is 5.05. The summed E-state index contributed by atoms with van der Waals surface area (Å²) in [6.07, 6.45) is 3.13. The van der Waals surface area contributed by atoms with Gasteiger partial charge >= 0.3 is 5.97 Å². The Hall–Kier alpha value is -3.60. The van der Waals surface area contributed by atoms with E-state index in [1.807, 2.05) is 60.4 Å². The summed E-state index contributed by atoms with van der Waals surface area (Å²) in [6, 6.07) is 26.0. The molecule has 0 heterocycles.